The first kappa shape index (κ1) is 23.9. The molecular weight excluding hydrogens is 450 g/mol. The summed E-state index contributed by atoms with van der Waals surface area (Å²) in [5, 5.41) is 0. The number of rotatable bonds is 8. The minimum atomic E-state index is -0.374. The third kappa shape index (κ3) is 5.52. The second-order valence-corrected chi connectivity index (χ2v) is 9.06. The van der Waals surface area contributed by atoms with E-state index in [0.717, 1.165) is 53.4 Å². The minimum Gasteiger partial charge on any atom is -0.497 e. The van der Waals surface area contributed by atoms with Crippen LogP contribution in [0.2, 0.25) is 0 Å². The maximum atomic E-state index is 13.3. The molecule has 1 aliphatic heterocycles. The molecule has 0 radical (unpaired) electrons. The quantitative estimate of drug-likeness (QED) is 0.287. The SMILES string of the molecule is COc1ccc(-c2cc(-c3ccccc3)oc(=O)c2-c2ccc(OCCN3CCCCC3)cc2)cc1. The molecule has 1 aromatic heterocycles. The van der Waals surface area contributed by atoms with Gasteiger partial charge in [-0.25, -0.2) is 4.79 Å². The lowest BCUT2D eigenvalue weighted by Gasteiger charge is -2.26. The highest BCUT2D eigenvalue weighted by Crippen LogP contribution is 2.34. The molecule has 0 aliphatic carbocycles. The van der Waals surface area contributed by atoms with Crippen LogP contribution in [0.5, 0.6) is 11.5 Å². The molecule has 1 aliphatic rings. The van der Waals surface area contributed by atoms with E-state index in [0.29, 0.717) is 17.9 Å². The maximum Gasteiger partial charge on any atom is 0.344 e. The summed E-state index contributed by atoms with van der Waals surface area (Å²) in [5.74, 6) is 2.09. The van der Waals surface area contributed by atoms with E-state index in [1.807, 2.05) is 84.9 Å². The van der Waals surface area contributed by atoms with Gasteiger partial charge in [-0.15, -0.1) is 0 Å². The summed E-state index contributed by atoms with van der Waals surface area (Å²) in [6.07, 6.45) is 3.88. The number of hydrogen-bond donors (Lipinski definition) is 0. The zero-order valence-corrected chi connectivity index (χ0v) is 20.6. The smallest absolute Gasteiger partial charge is 0.344 e. The van der Waals surface area contributed by atoms with Gasteiger partial charge in [0.1, 0.15) is 23.9 Å². The molecule has 0 amide bonds. The molecule has 3 aromatic carbocycles. The first-order valence-electron chi connectivity index (χ1n) is 12.5. The standard InChI is InChI=1S/C31H31NO4/c1-34-26-14-10-23(11-15-26)28-22-29(24-8-4-2-5-9-24)36-31(33)30(28)25-12-16-27(17-13-25)35-21-20-32-18-6-3-7-19-32/h2,4-5,8-17,22H,3,6-7,18-21H2,1H3. The Bertz CT molecular complexity index is 1320. The predicted molar refractivity (Wildman–Crippen MR) is 144 cm³/mol. The number of ether oxygens (including phenoxy) is 2. The Kier molecular flexibility index (Phi) is 7.48. The molecule has 5 heteroatoms. The molecule has 0 atom stereocenters. The summed E-state index contributed by atoms with van der Waals surface area (Å²) < 4.78 is 17.1. The minimum absolute atomic E-state index is 0.374. The van der Waals surface area contributed by atoms with E-state index in [2.05, 4.69) is 4.90 Å². The van der Waals surface area contributed by atoms with Crippen molar-refractivity contribution in [2.45, 2.75) is 19.3 Å². The van der Waals surface area contributed by atoms with Crippen LogP contribution in [-0.2, 0) is 0 Å². The molecule has 5 nitrogen and oxygen atoms in total. The fraction of sp³-hybridized carbons (Fsp3) is 0.258. The molecule has 1 fully saturated rings. The van der Waals surface area contributed by atoms with E-state index in [1.165, 1.54) is 19.3 Å². The fourth-order valence-electron chi connectivity index (χ4n) is 4.70. The van der Waals surface area contributed by atoms with Crippen molar-refractivity contribution in [3.8, 4) is 45.1 Å². The largest absolute Gasteiger partial charge is 0.497 e. The average molecular weight is 482 g/mol. The topological polar surface area (TPSA) is 51.9 Å². The van der Waals surface area contributed by atoms with E-state index in [1.54, 1.807) is 7.11 Å². The molecule has 0 unspecified atom stereocenters. The summed E-state index contributed by atoms with van der Waals surface area (Å²) in [7, 11) is 1.64. The second-order valence-electron chi connectivity index (χ2n) is 9.06. The monoisotopic (exact) mass is 481 g/mol. The van der Waals surface area contributed by atoms with E-state index in [9.17, 15) is 4.79 Å². The number of methoxy groups -OCH3 is 1. The Morgan fingerprint density at radius 1 is 0.778 bits per heavy atom. The van der Waals surface area contributed by atoms with Gasteiger partial charge in [0.25, 0.3) is 0 Å². The highest BCUT2D eigenvalue weighted by atomic mass is 16.5. The van der Waals surface area contributed by atoms with E-state index < -0.39 is 0 Å². The molecule has 36 heavy (non-hydrogen) atoms. The molecule has 1 saturated heterocycles. The summed E-state index contributed by atoms with van der Waals surface area (Å²) in [5.41, 5.74) is 3.52. The molecule has 0 spiro atoms. The summed E-state index contributed by atoms with van der Waals surface area (Å²) in [6.45, 7) is 3.91. The fourth-order valence-corrected chi connectivity index (χ4v) is 4.70. The van der Waals surface area contributed by atoms with Crippen molar-refractivity contribution in [3.05, 3.63) is 95.3 Å². The van der Waals surface area contributed by atoms with Gasteiger partial charge in [0.2, 0.25) is 0 Å². The first-order valence-corrected chi connectivity index (χ1v) is 12.5. The molecule has 4 aromatic rings. The number of benzene rings is 3. The maximum absolute atomic E-state index is 13.3. The van der Waals surface area contributed by atoms with Crippen molar-refractivity contribution in [1.82, 2.24) is 4.90 Å². The van der Waals surface area contributed by atoms with Gasteiger partial charge < -0.3 is 13.9 Å². The first-order chi connectivity index (χ1) is 17.7. The number of likely N-dealkylation sites (tertiary alicyclic amines) is 1. The lowest BCUT2D eigenvalue weighted by molar-refractivity contribution is 0.183. The molecule has 0 bridgehead atoms. The van der Waals surface area contributed by atoms with Crippen molar-refractivity contribution >= 4 is 0 Å². The van der Waals surface area contributed by atoms with Crippen molar-refractivity contribution < 1.29 is 13.9 Å². The molecule has 5 rings (SSSR count). The van der Waals surface area contributed by atoms with Gasteiger partial charge in [-0.1, -0.05) is 61.0 Å². The van der Waals surface area contributed by atoms with Crippen LogP contribution >= 0.6 is 0 Å². The molecule has 0 N–H and O–H groups in total. The van der Waals surface area contributed by atoms with Crippen molar-refractivity contribution in [1.29, 1.82) is 0 Å². The average Bonchev–Trinajstić information content (AvgIpc) is 2.94. The zero-order valence-electron chi connectivity index (χ0n) is 20.6. The van der Waals surface area contributed by atoms with E-state index >= 15 is 0 Å². The third-order valence-electron chi connectivity index (χ3n) is 6.68. The van der Waals surface area contributed by atoms with Crippen molar-refractivity contribution in [2.24, 2.45) is 0 Å². The van der Waals surface area contributed by atoms with Crippen LogP contribution in [-0.4, -0.2) is 38.3 Å². The Labute approximate surface area is 211 Å². The van der Waals surface area contributed by atoms with Gasteiger partial charge in [-0.2, -0.15) is 0 Å². The summed E-state index contributed by atoms with van der Waals surface area (Å²) >= 11 is 0. The van der Waals surface area contributed by atoms with Gasteiger partial charge in [0.15, 0.2) is 0 Å². The Morgan fingerprint density at radius 3 is 2.14 bits per heavy atom. The predicted octanol–water partition coefficient (Wildman–Crippen LogP) is 6.51. The van der Waals surface area contributed by atoms with Crippen LogP contribution < -0.4 is 15.1 Å². The number of nitrogens with zero attached hydrogens (tertiary/aromatic N) is 1. The highest BCUT2D eigenvalue weighted by molar-refractivity contribution is 5.85. The number of piperidine rings is 1. The van der Waals surface area contributed by atoms with Crippen molar-refractivity contribution in [2.75, 3.05) is 33.4 Å². The van der Waals surface area contributed by atoms with E-state index in [4.69, 9.17) is 13.9 Å². The second kappa shape index (κ2) is 11.3. The van der Waals surface area contributed by atoms with E-state index in [-0.39, 0.29) is 5.63 Å². The van der Waals surface area contributed by atoms with Crippen LogP contribution in [0.3, 0.4) is 0 Å². The van der Waals surface area contributed by atoms with Crippen LogP contribution in [0, 0.1) is 0 Å². The summed E-state index contributed by atoms with van der Waals surface area (Å²) in [6, 6.07) is 27.0. The number of hydrogen-bond acceptors (Lipinski definition) is 5. The zero-order chi connectivity index (χ0) is 24.7. The Balaban J connectivity index is 1.44. The van der Waals surface area contributed by atoms with Crippen LogP contribution in [0.1, 0.15) is 19.3 Å². The highest BCUT2D eigenvalue weighted by Gasteiger charge is 2.17. The van der Waals surface area contributed by atoms with Gasteiger partial charge in [-0.3, -0.25) is 4.90 Å². The Hall–Kier alpha value is -3.83. The Morgan fingerprint density at radius 2 is 1.44 bits per heavy atom. The molecule has 2 heterocycles. The summed E-state index contributed by atoms with van der Waals surface area (Å²) in [4.78, 5) is 15.8. The molecule has 184 valence electrons. The van der Waals surface area contributed by atoms with Gasteiger partial charge >= 0.3 is 5.63 Å². The lowest BCUT2D eigenvalue weighted by Crippen LogP contribution is -2.33. The van der Waals surface area contributed by atoms with Gasteiger partial charge in [0, 0.05) is 17.7 Å². The van der Waals surface area contributed by atoms with Gasteiger partial charge in [0.05, 0.1) is 12.7 Å². The van der Waals surface area contributed by atoms with Crippen LogP contribution in [0.25, 0.3) is 33.6 Å². The normalized spacial score (nSPS) is 13.9. The lowest BCUT2D eigenvalue weighted by atomic mass is 9.95. The van der Waals surface area contributed by atoms with Crippen molar-refractivity contribution in [3.63, 3.8) is 0 Å². The van der Waals surface area contributed by atoms with Gasteiger partial charge in [-0.05, 0) is 67.4 Å². The van der Waals surface area contributed by atoms with Crippen LogP contribution in [0.15, 0.2) is 94.1 Å². The molecular formula is C31H31NO4. The van der Waals surface area contributed by atoms with Crippen LogP contribution in [0.4, 0.5) is 0 Å². The third-order valence-corrected chi connectivity index (χ3v) is 6.68. The molecule has 0 saturated carbocycles.